The lowest BCUT2D eigenvalue weighted by molar-refractivity contribution is 0.0701. The third kappa shape index (κ3) is 5.92. The summed E-state index contributed by atoms with van der Waals surface area (Å²) in [6, 6.07) is 0.0410. The molecule has 0 radical (unpaired) electrons. The van der Waals surface area contributed by atoms with Gasteiger partial charge in [0, 0.05) is 18.6 Å². The van der Waals surface area contributed by atoms with Gasteiger partial charge in [-0.1, -0.05) is 13.3 Å². The Balaban J connectivity index is 1.76. The van der Waals surface area contributed by atoms with Gasteiger partial charge >= 0.3 is 12.1 Å². The summed E-state index contributed by atoms with van der Waals surface area (Å²) < 4.78 is 5.53. The highest BCUT2D eigenvalue weighted by molar-refractivity contribution is 5.74. The van der Waals surface area contributed by atoms with Crippen LogP contribution in [0.1, 0.15) is 65.2 Å². The molecule has 2 fully saturated rings. The Bertz CT molecular complexity index is 397. The van der Waals surface area contributed by atoms with Crippen LogP contribution in [0.4, 0.5) is 9.59 Å². The van der Waals surface area contributed by atoms with Gasteiger partial charge in [-0.05, 0) is 57.8 Å². The number of urea groups is 1. The number of amides is 3. The first-order chi connectivity index (χ1) is 11.1. The van der Waals surface area contributed by atoms with Crippen molar-refractivity contribution in [3.8, 4) is 0 Å². The molecular weight excluding hydrogens is 294 g/mol. The molecule has 0 aliphatic heterocycles. The van der Waals surface area contributed by atoms with E-state index in [1.807, 2.05) is 6.92 Å². The van der Waals surface area contributed by atoms with E-state index in [2.05, 4.69) is 22.9 Å². The van der Waals surface area contributed by atoms with Crippen molar-refractivity contribution in [3.63, 3.8) is 0 Å². The maximum Gasteiger partial charge on any atom is 0.407 e. The highest BCUT2D eigenvalue weighted by atomic mass is 16.6. The molecule has 0 aromatic carbocycles. The first-order valence-electron chi connectivity index (χ1n) is 9.10. The SMILES string of the molecule is CCNC(=O)NC1CC(NC(=O)OC2CCCCC2)CCC1C. The number of ether oxygens (including phenoxy) is 1. The van der Waals surface area contributed by atoms with Crippen molar-refractivity contribution in [3.05, 3.63) is 0 Å². The fraction of sp³-hybridized carbons (Fsp3) is 0.882. The van der Waals surface area contributed by atoms with Gasteiger partial charge in [0.2, 0.25) is 0 Å². The van der Waals surface area contributed by atoms with Gasteiger partial charge in [-0.2, -0.15) is 0 Å². The van der Waals surface area contributed by atoms with E-state index < -0.39 is 0 Å². The second-order valence-corrected chi connectivity index (χ2v) is 6.91. The average molecular weight is 325 g/mol. The number of rotatable bonds is 4. The zero-order valence-electron chi connectivity index (χ0n) is 14.4. The van der Waals surface area contributed by atoms with Crippen LogP contribution in [-0.2, 0) is 4.74 Å². The van der Waals surface area contributed by atoms with E-state index in [1.165, 1.54) is 6.42 Å². The highest BCUT2D eigenvalue weighted by Crippen LogP contribution is 2.25. The summed E-state index contributed by atoms with van der Waals surface area (Å²) in [6.07, 6.45) is 7.98. The molecule has 2 aliphatic carbocycles. The molecule has 23 heavy (non-hydrogen) atoms. The van der Waals surface area contributed by atoms with Gasteiger partial charge in [0.25, 0.3) is 0 Å². The fourth-order valence-electron chi connectivity index (χ4n) is 3.57. The number of hydrogen-bond acceptors (Lipinski definition) is 3. The molecular formula is C17H31N3O3. The van der Waals surface area contributed by atoms with E-state index in [9.17, 15) is 9.59 Å². The molecule has 0 aromatic heterocycles. The molecule has 0 heterocycles. The largest absolute Gasteiger partial charge is 0.446 e. The molecule has 0 bridgehead atoms. The van der Waals surface area contributed by atoms with Crippen LogP contribution >= 0.6 is 0 Å². The van der Waals surface area contributed by atoms with E-state index in [0.717, 1.165) is 44.9 Å². The Morgan fingerprint density at radius 3 is 2.48 bits per heavy atom. The third-order valence-corrected chi connectivity index (χ3v) is 5.00. The van der Waals surface area contributed by atoms with Crippen LogP contribution in [0.2, 0.25) is 0 Å². The molecule has 6 heteroatoms. The summed E-state index contributed by atoms with van der Waals surface area (Å²) in [5.74, 6) is 0.421. The van der Waals surface area contributed by atoms with E-state index in [4.69, 9.17) is 4.74 Å². The minimum absolute atomic E-state index is 0.0780. The van der Waals surface area contributed by atoms with E-state index in [0.29, 0.717) is 12.5 Å². The monoisotopic (exact) mass is 325 g/mol. The van der Waals surface area contributed by atoms with Gasteiger partial charge in [0.1, 0.15) is 6.10 Å². The Labute approximate surface area is 139 Å². The number of hydrogen-bond donors (Lipinski definition) is 3. The van der Waals surface area contributed by atoms with Crippen molar-refractivity contribution >= 4 is 12.1 Å². The van der Waals surface area contributed by atoms with Crippen LogP contribution in [0.5, 0.6) is 0 Å². The predicted octanol–water partition coefficient (Wildman–Crippen LogP) is 2.92. The second kappa shape index (κ2) is 8.99. The maximum absolute atomic E-state index is 12.1. The van der Waals surface area contributed by atoms with Crippen molar-refractivity contribution < 1.29 is 14.3 Å². The molecule has 0 saturated heterocycles. The van der Waals surface area contributed by atoms with Crippen LogP contribution in [0.15, 0.2) is 0 Å². The average Bonchev–Trinajstić information content (AvgIpc) is 2.52. The summed E-state index contributed by atoms with van der Waals surface area (Å²) in [5.41, 5.74) is 0. The number of carbonyl (C=O) groups is 2. The quantitative estimate of drug-likeness (QED) is 0.743. The van der Waals surface area contributed by atoms with Crippen molar-refractivity contribution in [2.24, 2.45) is 5.92 Å². The molecule has 6 nitrogen and oxygen atoms in total. The molecule has 2 aliphatic rings. The zero-order chi connectivity index (χ0) is 16.7. The summed E-state index contributed by atoms with van der Waals surface area (Å²) >= 11 is 0. The van der Waals surface area contributed by atoms with Crippen LogP contribution in [0.25, 0.3) is 0 Å². The standard InChI is InChI=1S/C17H31N3O3/c1-3-18-16(21)20-15-11-13(10-9-12(15)2)19-17(22)23-14-7-5-4-6-8-14/h12-15H,3-11H2,1-2H3,(H,19,22)(H2,18,20,21). The summed E-state index contributed by atoms with van der Waals surface area (Å²) in [5, 5.41) is 8.76. The molecule has 3 amide bonds. The lowest BCUT2D eigenvalue weighted by atomic mass is 9.83. The molecule has 132 valence electrons. The van der Waals surface area contributed by atoms with Crippen molar-refractivity contribution in [2.75, 3.05) is 6.54 Å². The maximum atomic E-state index is 12.1. The minimum Gasteiger partial charge on any atom is -0.446 e. The topological polar surface area (TPSA) is 79.5 Å². The van der Waals surface area contributed by atoms with Crippen LogP contribution in [-0.4, -0.2) is 36.9 Å². The smallest absolute Gasteiger partial charge is 0.407 e. The number of carbonyl (C=O) groups excluding carboxylic acids is 2. The zero-order valence-corrected chi connectivity index (χ0v) is 14.4. The Hall–Kier alpha value is -1.46. The summed E-state index contributed by atoms with van der Waals surface area (Å²) in [6.45, 7) is 4.66. The van der Waals surface area contributed by atoms with Gasteiger partial charge in [-0.3, -0.25) is 0 Å². The minimum atomic E-state index is -0.298. The first kappa shape index (κ1) is 17.9. The van der Waals surface area contributed by atoms with Crippen LogP contribution < -0.4 is 16.0 Å². The molecule has 2 saturated carbocycles. The van der Waals surface area contributed by atoms with Crippen LogP contribution in [0.3, 0.4) is 0 Å². The van der Waals surface area contributed by atoms with E-state index >= 15 is 0 Å². The van der Waals surface area contributed by atoms with Crippen LogP contribution in [0, 0.1) is 5.92 Å². The third-order valence-electron chi connectivity index (χ3n) is 5.00. The second-order valence-electron chi connectivity index (χ2n) is 6.91. The van der Waals surface area contributed by atoms with Crippen molar-refractivity contribution in [1.82, 2.24) is 16.0 Å². The molecule has 3 N–H and O–H groups in total. The molecule has 0 spiro atoms. The van der Waals surface area contributed by atoms with Crippen molar-refractivity contribution in [1.29, 1.82) is 0 Å². The van der Waals surface area contributed by atoms with E-state index in [1.54, 1.807) is 0 Å². The summed E-state index contributed by atoms with van der Waals surface area (Å²) in [7, 11) is 0. The lowest BCUT2D eigenvalue weighted by Gasteiger charge is -2.35. The normalized spacial score (nSPS) is 28.7. The lowest BCUT2D eigenvalue weighted by Crippen LogP contribution is -2.51. The molecule has 0 aromatic rings. The Morgan fingerprint density at radius 2 is 1.78 bits per heavy atom. The van der Waals surface area contributed by atoms with Gasteiger partial charge in [-0.15, -0.1) is 0 Å². The van der Waals surface area contributed by atoms with Gasteiger partial charge < -0.3 is 20.7 Å². The molecule has 3 atom stereocenters. The van der Waals surface area contributed by atoms with Crippen molar-refractivity contribution in [2.45, 2.75) is 83.4 Å². The Kier molecular flexibility index (Phi) is 6.99. The van der Waals surface area contributed by atoms with E-state index in [-0.39, 0.29) is 30.3 Å². The molecule has 2 rings (SSSR count). The van der Waals surface area contributed by atoms with Gasteiger partial charge in [0.15, 0.2) is 0 Å². The summed E-state index contributed by atoms with van der Waals surface area (Å²) in [4.78, 5) is 23.8. The first-order valence-corrected chi connectivity index (χ1v) is 9.10. The highest BCUT2D eigenvalue weighted by Gasteiger charge is 2.30. The Morgan fingerprint density at radius 1 is 1.04 bits per heavy atom. The van der Waals surface area contributed by atoms with Gasteiger partial charge in [-0.25, -0.2) is 9.59 Å². The fourth-order valence-corrected chi connectivity index (χ4v) is 3.57. The van der Waals surface area contributed by atoms with Gasteiger partial charge in [0.05, 0.1) is 0 Å². The number of nitrogens with one attached hydrogen (secondary N) is 3. The number of alkyl carbamates (subject to hydrolysis) is 1. The molecule has 3 unspecified atom stereocenters. The predicted molar refractivity (Wildman–Crippen MR) is 89.3 cm³/mol.